The quantitative estimate of drug-likeness (QED) is 0.0740. The average molecular weight is 901 g/mol. The topological polar surface area (TPSA) is 135 Å². The molecule has 0 saturated heterocycles. The van der Waals surface area contributed by atoms with Gasteiger partial charge < -0.3 is 23.7 Å². The van der Waals surface area contributed by atoms with Gasteiger partial charge in [-0.05, 0) is 61.7 Å². The minimum absolute atomic E-state index is 0.0179. The van der Waals surface area contributed by atoms with Crippen molar-refractivity contribution in [3.05, 3.63) is 48.6 Å². The maximum absolute atomic E-state index is 12.7. The fraction of sp³-hybridized carbons (Fsp3) is 0.667. The second kappa shape index (κ2) is 18.8. The molecule has 2 aliphatic rings. The van der Waals surface area contributed by atoms with E-state index in [-0.39, 0.29) is 23.2 Å². The number of halogens is 3. The summed E-state index contributed by atoms with van der Waals surface area (Å²) in [5.41, 5.74) is 5.01. The Balaban J connectivity index is 0.000000186. The molecule has 2 saturated carbocycles. The van der Waals surface area contributed by atoms with Crippen molar-refractivity contribution in [2.75, 3.05) is 19.0 Å². The van der Waals surface area contributed by atoms with Crippen molar-refractivity contribution in [2.45, 2.75) is 147 Å². The number of rotatable bonds is 16. The molecular formula is C42H63F3N10O3SSi2. The van der Waals surface area contributed by atoms with Gasteiger partial charge in [0, 0.05) is 58.8 Å². The highest BCUT2D eigenvalue weighted by Crippen LogP contribution is 2.47. The predicted octanol–water partition coefficient (Wildman–Crippen LogP) is 9.61. The number of nitrogens with zero attached hydrogens (tertiary/aromatic N) is 10. The Morgan fingerprint density at radius 3 is 1.64 bits per heavy atom. The van der Waals surface area contributed by atoms with Gasteiger partial charge in [0.15, 0.2) is 22.6 Å². The Morgan fingerprint density at radius 2 is 1.18 bits per heavy atom. The number of aliphatic hydroxyl groups is 1. The Labute approximate surface area is 362 Å². The van der Waals surface area contributed by atoms with Crippen LogP contribution in [-0.4, -0.2) is 106 Å². The van der Waals surface area contributed by atoms with Gasteiger partial charge in [0.05, 0.1) is 35.3 Å². The van der Waals surface area contributed by atoms with Gasteiger partial charge in [0.25, 0.3) is 0 Å². The summed E-state index contributed by atoms with van der Waals surface area (Å²) in [5, 5.41) is 27.8. The van der Waals surface area contributed by atoms with Crippen molar-refractivity contribution in [3.8, 4) is 0 Å². The zero-order chi connectivity index (χ0) is 43.7. The van der Waals surface area contributed by atoms with Crippen molar-refractivity contribution in [1.29, 1.82) is 0 Å². The van der Waals surface area contributed by atoms with Gasteiger partial charge in [0.1, 0.15) is 25.1 Å². The number of alkyl halides is 3. The molecule has 6 aromatic heterocycles. The van der Waals surface area contributed by atoms with Gasteiger partial charge in [-0.15, -0.1) is 32.2 Å². The molecule has 0 radical (unpaired) electrons. The summed E-state index contributed by atoms with van der Waals surface area (Å²) in [6.07, 6.45) is 8.10. The summed E-state index contributed by atoms with van der Waals surface area (Å²) < 4.78 is 58.3. The van der Waals surface area contributed by atoms with Crippen molar-refractivity contribution in [1.82, 2.24) is 48.3 Å². The summed E-state index contributed by atoms with van der Waals surface area (Å²) in [6, 6.07) is 6.32. The van der Waals surface area contributed by atoms with E-state index >= 15 is 0 Å². The van der Waals surface area contributed by atoms with Crippen molar-refractivity contribution >= 4 is 61.5 Å². The number of aromatic nitrogens is 10. The number of fused-ring (bicyclic) bond motifs is 6. The molecule has 13 nitrogen and oxygen atoms in total. The SMILES string of the molecule is CCC1CC(O)CC1c1nnc2cnc3c(ccn3COCC[Si](C)(C)C)n12.CCC1CC(SCC(F)(F)F)CC1c1nnc2cnc3c(ccn3COCC[Si](C)(C)C)n12. The van der Waals surface area contributed by atoms with Crippen LogP contribution in [0.15, 0.2) is 36.9 Å². The van der Waals surface area contributed by atoms with Crippen LogP contribution >= 0.6 is 11.8 Å². The third-order valence-electron chi connectivity index (χ3n) is 12.3. The van der Waals surface area contributed by atoms with E-state index in [1.807, 2.05) is 32.0 Å². The zero-order valence-corrected chi connectivity index (χ0v) is 39.7. The van der Waals surface area contributed by atoms with E-state index in [2.05, 4.69) is 94.0 Å². The largest absolute Gasteiger partial charge is 0.397 e. The Bertz CT molecular complexity index is 2390. The first-order chi connectivity index (χ1) is 28.9. The summed E-state index contributed by atoms with van der Waals surface area (Å²) in [7, 11) is -2.24. The summed E-state index contributed by atoms with van der Waals surface area (Å²) in [6.45, 7) is 20.8. The molecule has 334 valence electrons. The third-order valence-corrected chi connectivity index (χ3v) is 17.1. The minimum atomic E-state index is -4.14. The van der Waals surface area contributed by atoms with E-state index in [1.54, 1.807) is 12.4 Å². The predicted molar refractivity (Wildman–Crippen MR) is 241 cm³/mol. The summed E-state index contributed by atoms with van der Waals surface area (Å²) in [4.78, 5) is 9.20. The fourth-order valence-electron chi connectivity index (χ4n) is 8.88. The molecule has 0 amide bonds. The molecule has 8 rings (SSSR count). The lowest BCUT2D eigenvalue weighted by Crippen LogP contribution is -2.22. The molecule has 19 heteroatoms. The van der Waals surface area contributed by atoms with Crippen LogP contribution in [0.25, 0.3) is 33.6 Å². The molecule has 0 aliphatic heterocycles. The van der Waals surface area contributed by atoms with Crippen molar-refractivity contribution in [2.24, 2.45) is 11.8 Å². The van der Waals surface area contributed by atoms with Gasteiger partial charge in [-0.1, -0.05) is 66.0 Å². The second-order valence-electron chi connectivity index (χ2n) is 19.4. The van der Waals surface area contributed by atoms with Crippen LogP contribution < -0.4 is 0 Å². The van der Waals surface area contributed by atoms with Crippen LogP contribution in [0.5, 0.6) is 0 Å². The molecule has 0 spiro atoms. The standard InChI is InChI=1S/C22H32F3N5OSSi.C20H31N5O2Si/c1-5-15-10-16(32-13-22(23,24)25)11-17(15)20-28-27-19-12-26-21-18(30(19)20)6-7-29(21)14-31-8-9-33(2,3)4;1-5-14-10-15(26)11-16(14)19-23-22-18-12-21-20-17(25(18)19)6-7-24(20)13-27-8-9-28(2,3)4/h6-7,12,15-17H,5,8-11,13-14H2,1-4H3;6-7,12,14-16,26H,5,8-11,13H2,1-4H3. The van der Waals surface area contributed by atoms with E-state index < -0.39 is 28.1 Å². The van der Waals surface area contributed by atoms with Crippen molar-refractivity contribution in [3.63, 3.8) is 0 Å². The first-order valence-corrected chi connectivity index (χ1v) is 30.3. The lowest BCUT2D eigenvalue weighted by atomic mass is 9.93. The van der Waals surface area contributed by atoms with Crippen LogP contribution in [-0.2, 0) is 22.9 Å². The Hall–Kier alpha value is -3.37. The molecule has 2 aliphatic carbocycles. The molecule has 61 heavy (non-hydrogen) atoms. The van der Waals surface area contributed by atoms with Gasteiger partial charge in [-0.3, -0.25) is 8.80 Å². The number of hydrogen-bond acceptors (Lipinski definition) is 10. The number of hydrogen-bond donors (Lipinski definition) is 1. The molecule has 1 N–H and O–H groups in total. The lowest BCUT2D eigenvalue weighted by molar-refractivity contribution is -0.105. The van der Waals surface area contributed by atoms with E-state index in [0.29, 0.717) is 37.4 Å². The first kappa shape index (κ1) is 45.7. The molecule has 6 atom stereocenters. The number of thioether (sulfide) groups is 1. The fourth-order valence-corrected chi connectivity index (χ4v) is 11.5. The maximum atomic E-state index is 12.7. The molecular weight excluding hydrogens is 838 g/mol. The summed E-state index contributed by atoms with van der Waals surface area (Å²) >= 11 is 1.02. The maximum Gasteiger partial charge on any atom is 0.397 e. The van der Waals surface area contributed by atoms with Crippen LogP contribution in [0, 0.1) is 11.8 Å². The van der Waals surface area contributed by atoms with Crippen LogP contribution in [0.3, 0.4) is 0 Å². The van der Waals surface area contributed by atoms with Crippen LogP contribution in [0.4, 0.5) is 13.2 Å². The average Bonchev–Trinajstić information content (AvgIpc) is 4.05. The molecule has 6 unspecified atom stereocenters. The van der Waals surface area contributed by atoms with E-state index in [1.165, 1.54) is 0 Å². The van der Waals surface area contributed by atoms with Crippen molar-refractivity contribution < 1.29 is 27.8 Å². The monoisotopic (exact) mass is 900 g/mol. The Kier molecular flexibility index (Phi) is 14.0. The van der Waals surface area contributed by atoms with Crippen LogP contribution in [0.2, 0.25) is 51.4 Å². The molecule has 0 aromatic carbocycles. The highest BCUT2D eigenvalue weighted by molar-refractivity contribution is 7.99. The molecule has 6 heterocycles. The van der Waals surface area contributed by atoms with E-state index in [0.717, 1.165) is 109 Å². The molecule has 0 bridgehead atoms. The molecule has 6 aromatic rings. The highest BCUT2D eigenvalue weighted by Gasteiger charge is 2.40. The van der Waals surface area contributed by atoms with Gasteiger partial charge in [0.2, 0.25) is 0 Å². The number of ether oxygens (including phenoxy) is 2. The summed E-state index contributed by atoms with van der Waals surface area (Å²) in [5.74, 6) is 2.03. The van der Waals surface area contributed by atoms with Gasteiger partial charge in [-0.25, -0.2) is 9.97 Å². The third kappa shape index (κ3) is 10.9. The van der Waals surface area contributed by atoms with E-state index in [9.17, 15) is 18.3 Å². The van der Waals surface area contributed by atoms with Gasteiger partial charge >= 0.3 is 6.18 Å². The minimum Gasteiger partial charge on any atom is -0.393 e. The number of aliphatic hydroxyl groups excluding tert-OH is 1. The lowest BCUT2D eigenvalue weighted by Gasteiger charge is -2.16. The van der Waals surface area contributed by atoms with Crippen LogP contribution in [0.1, 0.15) is 75.9 Å². The zero-order valence-electron chi connectivity index (χ0n) is 36.9. The molecule has 2 fully saturated rings. The van der Waals surface area contributed by atoms with Gasteiger partial charge in [-0.2, -0.15) is 13.2 Å². The Morgan fingerprint density at radius 1 is 0.705 bits per heavy atom. The van der Waals surface area contributed by atoms with E-state index in [4.69, 9.17) is 9.47 Å². The highest BCUT2D eigenvalue weighted by atomic mass is 32.2. The normalized spacial score (nSPS) is 22.6. The smallest absolute Gasteiger partial charge is 0.393 e. The second-order valence-corrected chi connectivity index (χ2v) is 31.9. The first-order valence-electron chi connectivity index (χ1n) is 21.8.